The smallest absolute Gasteiger partial charge is 0.194 e. The van der Waals surface area contributed by atoms with Gasteiger partial charge in [-0.15, -0.1) is 24.0 Å². The standard InChI is InChI=1S/C20H27N5.HI/c1-4-21-20(23-14-17-10-7-12-22-19(17)24(2)3)25-13-11-16-8-5-6-9-18(16)15-25;/h5-10,12H,4,11,13-15H2,1-3H3,(H,21,23);1H. The van der Waals surface area contributed by atoms with E-state index in [-0.39, 0.29) is 24.0 Å². The molecule has 1 aliphatic heterocycles. The van der Waals surface area contributed by atoms with Gasteiger partial charge < -0.3 is 15.1 Å². The maximum atomic E-state index is 4.89. The van der Waals surface area contributed by atoms with Crippen LogP contribution in [-0.4, -0.2) is 43.0 Å². The molecule has 26 heavy (non-hydrogen) atoms. The van der Waals surface area contributed by atoms with Gasteiger partial charge in [0, 0.05) is 45.5 Å². The predicted octanol–water partition coefficient (Wildman–Crippen LogP) is 3.29. The Bertz CT molecular complexity index is 744. The number of benzene rings is 1. The average Bonchev–Trinajstić information content (AvgIpc) is 2.65. The number of aliphatic imine (C=N–C) groups is 1. The van der Waals surface area contributed by atoms with Gasteiger partial charge in [-0.3, -0.25) is 0 Å². The summed E-state index contributed by atoms with van der Waals surface area (Å²) in [4.78, 5) is 13.7. The molecule has 0 atom stereocenters. The van der Waals surface area contributed by atoms with Crippen molar-refractivity contribution in [2.24, 2.45) is 4.99 Å². The van der Waals surface area contributed by atoms with Gasteiger partial charge in [0.15, 0.2) is 5.96 Å². The summed E-state index contributed by atoms with van der Waals surface area (Å²) in [5, 5.41) is 3.44. The summed E-state index contributed by atoms with van der Waals surface area (Å²) in [7, 11) is 4.03. The molecular formula is C20H28IN5. The largest absolute Gasteiger partial charge is 0.362 e. The molecule has 2 aromatic rings. The monoisotopic (exact) mass is 465 g/mol. The van der Waals surface area contributed by atoms with E-state index in [2.05, 4.69) is 52.5 Å². The van der Waals surface area contributed by atoms with Gasteiger partial charge in [0.1, 0.15) is 5.82 Å². The first-order valence-corrected chi connectivity index (χ1v) is 8.90. The molecule has 1 N–H and O–H groups in total. The molecule has 0 radical (unpaired) electrons. The van der Waals surface area contributed by atoms with E-state index >= 15 is 0 Å². The highest BCUT2D eigenvalue weighted by Gasteiger charge is 2.18. The van der Waals surface area contributed by atoms with Gasteiger partial charge in [0.2, 0.25) is 0 Å². The molecule has 3 rings (SSSR count). The van der Waals surface area contributed by atoms with Crippen LogP contribution in [0.25, 0.3) is 0 Å². The van der Waals surface area contributed by atoms with Crippen LogP contribution in [0.2, 0.25) is 0 Å². The number of nitrogens with one attached hydrogen (secondary N) is 1. The Hall–Kier alpha value is -1.83. The molecule has 0 amide bonds. The number of guanidine groups is 1. The van der Waals surface area contributed by atoms with Crippen molar-refractivity contribution in [1.82, 2.24) is 15.2 Å². The zero-order valence-corrected chi connectivity index (χ0v) is 18.1. The summed E-state index contributed by atoms with van der Waals surface area (Å²) in [5.41, 5.74) is 3.99. The van der Waals surface area contributed by atoms with Crippen LogP contribution < -0.4 is 10.2 Å². The lowest BCUT2D eigenvalue weighted by atomic mass is 10.0. The van der Waals surface area contributed by atoms with Gasteiger partial charge in [-0.25, -0.2) is 9.98 Å². The second kappa shape index (κ2) is 9.75. The Balaban J connectivity index is 0.00000243. The van der Waals surface area contributed by atoms with E-state index in [0.717, 1.165) is 43.4 Å². The van der Waals surface area contributed by atoms with Crippen LogP contribution in [0.3, 0.4) is 0 Å². The molecular weight excluding hydrogens is 437 g/mol. The van der Waals surface area contributed by atoms with Gasteiger partial charge in [-0.05, 0) is 30.5 Å². The average molecular weight is 465 g/mol. The van der Waals surface area contributed by atoms with E-state index in [4.69, 9.17) is 4.99 Å². The van der Waals surface area contributed by atoms with Gasteiger partial charge >= 0.3 is 0 Å². The number of nitrogens with zero attached hydrogens (tertiary/aromatic N) is 4. The van der Waals surface area contributed by atoms with Crippen molar-refractivity contribution in [3.63, 3.8) is 0 Å². The third-order valence-corrected chi connectivity index (χ3v) is 4.46. The summed E-state index contributed by atoms with van der Waals surface area (Å²) < 4.78 is 0. The zero-order valence-electron chi connectivity index (χ0n) is 15.8. The van der Waals surface area contributed by atoms with Crippen LogP contribution in [-0.2, 0) is 19.5 Å². The molecule has 5 nitrogen and oxygen atoms in total. The minimum Gasteiger partial charge on any atom is -0.362 e. The van der Waals surface area contributed by atoms with Gasteiger partial charge in [0.25, 0.3) is 0 Å². The molecule has 0 aliphatic carbocycles. The third-order valence-electron chi connectivity index (χ3n) is 4.46. The number of pyridine rings is 1. The predicted molar refractivity (Wildman–Crippen MR) is 119 cm³/mol. The number of aromatic nitrogens is 1. The van der Waals surface area contributed by atoms with E-state index in [9.17, 15) is 0 Å². The summed E-state index contributed by atoms with van der Waals surface area (Å²) in [6, 6.07) is 12.8. The third kappa shape index (κ3) is 4.87. The number of rotatable bonds is 4. The first-order chi connectivity index (χ1) is 12.2. The first-order valence-electron chi connectivity index (χ1n) is 8.90. The number of hydrogen-bond acceptors (Lipinski definition) is 3. The van der Waals surface area contributed by atoms with Crippen molar-refractivity contribution in [3.8, 4) is 0 Å². The van der Waals surface area contributed by atoms with Gasteiger partial charge in [-0.1, -0.05) is 30.3 Å². The highest BCUT2D eigenvalue weighted by Crippen LogP contribution is 2.19. The maximum Gasteiger partial charge on any atom is 0.194 e. The maximum absolute atomic E-state index is 4.89. The van der Waals surface area contributed by atoms with Crippen molar-refractivity contribution in [2.75, 3.05) is 32.1 Å². The molecule has 0 saturated carbocycles. The molecule has 0 unspecified atom stereocenters. The minimum atomic E-state index is 0. The normalized spacial score (nSPS) is 13.7. The molecule has 1 aromatic heterocycles. The van der Waals surface area contributed by atoms with E-state index in [1.807, 2.05) is 31.3 Å². The molecule has 140 valence electrons. The lowest BCUT2D eigenvalue weighted by molar-refractivity contribution is 0.378. The molecule has 6 heteroatoms. The SMILES string of the molecule is CCNC(=NCc1cccnc1N(C)C)N1CCc2ccccc2C1.I. The van der Waals surface area contributed by atoms with Gasteiger partial charge in [-0.2, -0.15) is 0 Å². The van der Waals surface area contributed by atoms with E-state index in [1.165, 1.54) is 11.1 Å². The zero-order chi connectivity index (χ0) is 17.6. The molecule has 0 saturated heterocycles. The topological polar surface area (TPSA) is 43.8 Å². The number of fused-ring (bicyclic) bond motifs is 1. The highest BCUT2D eigenvalue weighted by molar-refractivity contribution is 14.0. The Morgan fingerprint density at radius 3 is 2.69 bits per heavy atom. The Kier molecular flexibility index (Phi) is 7.68. The van der Waals surface area contributed by atoms with Crippen molar-refractivity contribution in [2.45, 2.75) is 26.4 Å². The van der Waals surface area contributed by atoms with Crippen molar-refractivity contribution < 1.29 is 0 Å². The van der Waals surface area contributed by atoms with Crippen LogP contribution in [0.1, 0.15) is 23.6 Å². The fraction of sp³-hybridized carbons (Fsp3) is 0.400. The van der Waals surface area contributed by atoms with Crippen LogP contribution in [0.4, 0.5) is 5.82 Å². The Labute approximate surface area is 173 Å². The highest BCUT2D eigenvalue weighted by atomic mass is 127. The number of hydrogen-bond donors (Lipinski definition) is 1. The van der Waals surface area contributed by atoms with E-state index in [1.54, 1.807) is 0 Å². The van der Waals surface area contributed by atoms with Gasteiger partial charge in [0.05, 0.1) is 6.54 Å². The molecule has 0 bridgehead atoms. The Morgan fingerprint density at radius 1 is 1.19 bits per heavy atom. The first kappa shape index (κ1) is 20.5. The lowest BCUT2D eigenvalue weighted by Gasteiger charge is -2.31. The fourth-order valence-electron chi connectivity index (χ4n) is 3.22. The van der Waals surface area contributed by atoms with E-state index < -0.39 is 0 Å². The van der Waals surface area contributed by atoms with Crippen LogP contribution in [0.15, 0.2) is 47.6 Å². The molecule has 1 aromatic carbocycles. The molecule has 1 aliphatic rings. The van der Waals surface area contributed by atoms with Crippen LogP contribution >= 0.6 is 24.0 Å². The fourth-order valence-corrected chi connectivity index (χ4v) is 3.22. The summed E-state index contributed by atoms with van der Waals surface area (Å²) in [6.07, 6.45) is 2.89. The summed E-state index contributed by atoms with van der Waals surface area (Å²) in [5.74, 6) is 1.96. The quantitative estimate of drug-likeness (QED) is 0.428. The van der Waals surface area contributed by atoms with Crippen molar-refractivity contribution in [1.29, 1.82) is 0 Å². The Morgan fingerprint density at radius 2 is 1.96 bits per heavy atom. The lowest BCUT2D eigenvalue weighted by Crippen LogP contribution is -2.44. The van der Waals surface area contributed by atoms with E-state index in [0.29, 0.717) is 6.54 Å². The number of halogens is 1. The number of anilines is 1. The molecule has 2 heterocycles. The van der Waals surface area contributed by atoms with Crippen molar-refractivity contribution in [3.05, 3.63) is 59.3 Å². The second-order valence-corrected chi connectivity index (χ2v) is 6.49. The van der Waals surface area contributed by atoms with Crippen LogP contribution in [0, 0.1) is 0 Å². The molecule has 0 fully saturated rings. The second-order valence-electron chi connectivity index (χ2n) is 6.49. The molecule has 0 spiro atoms. The summed E-state index contributed by atoms with van der Waals surface area (Å²) >= 11 is 0. The summed E-state index contributed by atoms with van der Waals surface area (Å²) in [6.45, 7) is 5.52. The minimum absolute atomic E-state index is 0. The van der Waals surface area contributed by atoms with Crippen LogP contribution in [0.5, 0.6) is 0 Å². The van der Waals surface area contributed by atoms with Crippen molar-refractivity contribution >= 4 is 35.8 Å².